The summed E-state index contributed by atoms with van der Waals surface area (Å²) in [5.41, 5.74) is 1.15. The summed E-state index contributed by atoms with van der Waals surface area (Å²) in [6.07, 6.45) is 11.7. The molecule has 0 amide bonds. The van der Waals surface area contributed by atoms with E-state index in [1.54, 1.807) is 6.20 Å². The van der Waals surface area contributed by atoms with Gasteiger partial charge in [-0.3, -0.25) is 4.98 Å². The fraction of sp³-hybridized carbons (Fsp3) is 0.394. The van der Waals surface area contributed by atoms with Gasteiger partial charge in [0.05, 0.1) is 17.9 Å². The highest BCUT2D eigenvalue weighted by Gasteiger charge is 2.44. The number of halogens is 2. The number of phenols is 1. The molecule has 2 bridgehead atoms. The lowest BCUT2D eigenvalue weighted by Crippen LogP contribution is -2.51. The molecule has 0 spiro atoms. The number of nitrogens with zero attached hydrogens (tertiary/aromatic N) is 4. The van der Waals surface area contributed by atoms with Crippen LogP contribution in [0.25, 0.3) is 32.9 Å². The fourth-order valence-electron chi connectivity index (χ4n) is 6.80. The molecule has 2 saturated heterocycles. The zero-order valence-corrected chi connectivity index (χ0v) is 23.8. The molecule has 4 heterocycles. The monoisotopic (exact) mass is 569 g/mol. The molecule has 9 heteroatoms. The largest absolute Gasteiger partial charge is 0.508 e. The van der Waals surface area contributed by atoms with Crippen LogP contribution in [0.2, 0.25) is 0 Å². The van der Waals surface area contributed by atoms with E-state index >= 15 is 4.39 Å². The molecule has 2 unspecified atom stereocenters. The van der Waals surface area contributed by atoms with Crippen LogP contribution in [0.4, 0.5) is 14.5 Å². The van der Waals surface area contributed by atoms with Gasteiger partial charge in [0.2, 0.25) is 5.88 Å². The Morgan fingerprint density at radius 3 is 2.62 bits per heavy atom. The first-order valence-corrected chi connectivity index (χ1v) is 14.4. The van der Waals surface area contributed by atoms with E-state index in [1.165, 1.54) is 24.3 Å². The van der Waals surface area contributed by atoms with Crippen molar-refractivity contribution in [1.82, 2.24) is 20.2 Å². The number of fused-ring (bicyclic) bond motifs is 4. The highest BCUT2D eigenvalue weighted by atomic mass is 19.1. The Bertz CT molecular complexity index is 1750. The third kappa shape index (κ3) is 4.69. The van der Waals surface area contributed by atoms with E-state index in [4.69, 9.17) is 11.2 Å². The predicted molar refractivity (Wildman–Crippen MR) is 160 cm³/mol. The minimum absolute atomic E-state index is 0.0126. The normalized spacial score (nSPS) is 20.8. The van der Waals surface area contributed by atoms with Crippen LogP contribution in [0.5, 0.6) is 11.6 Å². The fourth-order valence-corrected chi connectivity index (χ4v) is 6.80. The Hall–Kier alpha value is -4.00. The molecule has 1 saturated carbocycles. The van der Waals surface area contributed by atoms with Gasteiger partial charge in [0.25, 0.3) is 0 Å². The summed E-state index contributed by atoms with van der Waals surface area (Å²) in [5.74, 6) is 1.37. The van der Waals surface area contributed by atoms with Gasteiger partial charge in [-0.1, -0.05) is 12.0 Å². The van der Waals surface area contributed by atoms with Crippen molar-refractivity contribution in [3.63, 3.8) is 0 Å². The number of phenolic OH excluding ortho intramolecular Hbond substituents is 1. The number of pyridine rings is 2. The van der Waals surface area contributed by atoms with E-state index in [-0.39, 0.29) is 33.5 Å². The second-order valence-electron chi connectivity index (χ2n) is 12.4. The number of aromatic nitrogens is 2. The number of ether oxygens (including phenoxy) is 1. The van der Waals surface area contributed by atoms with Crippen molar-refractivity contribution < 1.29 is 18.6 Å². The second-order valence-corrected chi connectivity index (χ2v) is 12.4. The van der Waals surface area contributed by atoms with Crippen molar-refractivity contribution in [2.24, 2.45) is 5.41 Å². The second kappa shape index (κ2) is 10.1. The smallest absolute Gasteiger partial charge is 0.216 e. The summed E-state index contributed by atoms with van der Waals surface area (Å²) in [6.45, 7) is 3.00. The van der Waals surface area contributed by atoms with Crippen LogP contribution in [0.1, 0.15) is 31.2 Å². The van der Waals surface area contributed by atoms with Gasteiger partial charge in [0, 0.05) is 65.7 Å². The minimum atomic E-state index is -0.675. The van der Waals surface area contributed by atoms with Crippen LogP contribution < -0.4 is 15.0 Å². The molecule has 2 aliphatic heterocycles. The molecule has 2 atom stereocenters. The number of nitrogens with one attached hydrogen (secondary N) is 1. The first-order valence-electron chi connectivity index (χ1n) is 14.4. The third-order valence-corrected chi connectivity index (χ3v) is 8.90. The number of hydrogen-bond donors (Lipinski definition) is 2. The van der Waals surface area contributed by atoms with E-state index < -0.39 is 11.6 Å². The molecule has 3 aliphatic rings. The first-order chi connectivity index (χ1) is 20.2. The summed E-state index contributed by atoms with van der Waals surface area (Å²) in [4.78, 5) is 13.6. The van der Waals surface area contributed by atoms with Crippen molar-refractivity contribution in [2.75, 3.05) is 45.2 Å². The van der Waals surface area contributed by atoms with E-state index in [0.29, 0.717) is 40.7 Å². The molecule has 216 valence electrons. The van der Waals surface area contributed by atoms with Crippen molar-refractivity contribution in [2.45, 2.75) is 37.8 Å². The van der Waals surface area contributed by atoms with Crippen molar-refractivity contribution in [1.29, 1.82) is 0 Å². The van der Waals surface area contributed by atoms with Gasteiger partial charge in [-0.15, -0.1) is 6.42 Å². The van der Waals surface area contributed by atoms with Crippen molar-refractivity contribution >= 4 is 27.4 Å². The molecular formula is C33H33F2N5O2. The SMILES string of the molecule is C#Cc1c(F)ccc2cc(O)cc(-c3ncc4c(N5CC6CCC(C5)N6)cc(OCC5(CN(C)C)CC5)nc4c3F)c12. The Kier molecular flexibility index (Phi) is 6.44. The quantitative estimate of drug-likeness (QED) is 0.301. The number of terminal acetylenes is 1. The summed E-state index contributed by atoms with van der Waals surface area (Å²) in [6, 6.07) is 8.25. The maximum atomic E-state index is 16.7. The summed E-state index contributed by atoms with van der Waals surface area (Å²) < 4.78 is 37.7. The molecular weight excluding hydrogens is 536 g/mol. The average Bonchev–Trinajstić information content (AvgIpc) is 3.64. The van der Waals surface area contributed by atoms with E-state index in [0.717, 1.165) is 51.0 Å². The lowest BCUT2D eigenvalue weighted by atomic mass is 9.95. The summed E-state index contributed by atoms with van der Waals surface area (Å²) >= 11 is 0. The van der Waals surface area contributed by atoms with Gasteiger partial charge >= 0.3 is 0 Å². The first kappa shape index (κ1) is 26.9. The number of piperazine rings is 1. The van der Waals surface area contributed by atoms with Crippen molar-refractivity contribution in [3.8, 4) is 35.2 Å². The molecule has 2 aromatic heterocycles. The lowest BCUT2D eigenvalue weighted by Gasteiger charge is -2.35. The molecule has 1 aliphatic carbocycles. The van der Waals surface area contributed by atoms with Gasteiger partial charge in [0.1, 0.15) is 22.8 Å². The number of rotatable bonds is 7. The molecule has 2 N–H and O–H groups in total. The van der Waals surface area contributed by atoms with Crippen LogP contribution in [0, 0.1) is 29.4 Å². The summed E-state index contributed by atoms with van der Waals surface area (Å²) in [5, 5.41) is 15.5. The average molecular weight is 570 g/mol. The van der Waals surface area contributed by atoms with Crippen LogP contribution in [0.3, 0.4) is 0 Å². The van der Waals surface area contributed by atoms with Gasteiger partial charge in [0.15, 0.2) is 5.82 Å². The number of aromatic hydroxyl groups is 1. The van der Waals surface area contributed by atoms with E-state index in [2.05, 4.69) is 45.1 Å². The highest BCUT2D eigenvalue weighted by Crippen LogP contribution is 2.47. The minimum Gasteiger partial charge on any atom is -0.508 e. The zero-order valence-electron chi connectivity index (χ0n) is 23.8. The van der Waals surface area contributed by atoms with Crippen LogP contribution >= 0.6 is 0 Å². The third-order valence-electron chi connectivity index (χ3n) is 8.90. The molecule has 7 rings (SSSR count). The van der Waals surface area contributed by atoms with Gasteiger partial charge in [-0.2, -0.15) is 0 Å². The Morgan fingerprint density at radius 1 is 1.17 bits per heavy atom. The maximum Gasteiger partial charge on any atom is 0.216 e. The maximum absolute atomic E-state index is 16.7. The lowest BCUT2D eigenvalue weighted by molar-refractivity contribution is 0.189. The number of hydrogen-bond acceptors (Lipinski definition) is 7. The number of anilines is 1. The van der Waals surface area contributed by atoms with Crippen LogP contribution in [0.15, 0.2) is 36.5 Å². The van der Waals surface area contributed by atoms with Crippen LogP contribution in [-0.2, 0) is 0 Å². The summed E-state index contributed by atoms with van der Waals surface area (Å²) in [7, 11) is 4.11. The Balaban J connectivity index is 1.38. The highest BCUT2D eigenvalue weighted by molar-refractivity contribution is 6.03. The molecule has 0 radical (unpaired) electrons. The Morgan fingerprint density at radius 2 is 1.93 bits per heavy atom. The molecule has 2 aromatic carbocycles. The molecule has 4 aromatic rings. The van der Waals surface area contributed by atoms with E-state index in [9.17, 15) is 9.50 Å². The molecule has 42 heavy (non-hydrogen) atoms. The standard InChI is InChI=1S/C33H33F2N5O2/c1-4-23-26(34)8-5-19-11-22(41)12-24(29(19)23)31-30(35)32-25(14-36-31)27(40-15-20-6-7-21(16-40)37-20)13-28(38-32)42-18-33(9-10-33)17-39(2)3/h1,5,8,11-14,20-21,37,41H,6-7,9-10,15-18H2,2-3H3. The van der Waals surface area contributed by atoms with Gasteiger partial charge < -0.3 is 25.0 Å². The zero-order chi connectivity index (χ0) is 29.2. The van der Waals surface area contributed by atoms with Crippen LogP contribution in [-0.4, -0.2) is 72.4 Å². The Labute approximate surface area is 243 Å². The number of benzene rings is 2. The van der Waals surface area contributed by atoms with Gasteiger partial charge in [-0.25, -0.2) is 13.8 Å². The molecule has 7 nitrogen and oxygen atoms in total. The topological polar surface area (TPSA) is 73.8 Å². The van der Waals surface area contributed by atoms with Gasteiger partial charge in [-0.05, 0) is 63.4 Å². The van der Waals surface area contributed by atoms with E-state index in [1.807, 2.05) is 6.07 Å². The van der Waals surface area contributed by atoms with Crippen molar-refractivity contribution in [3.05, 3.63) is 53.7 Å². The molecule has 3 fully saturated rings. The predicted octanol–water partition coefficient (Wildman–Crippen LogP) is 5.08.